The summed E-state index contributed by atoms with van der Waals surface area (Å²) in [5, 5.41) is 2.55. The van der Waals surface area contributed by atoms with Crippen LogP contribution < -0.4 is 10.1 Å². The molecule has 1 N–H and O–H groups in total. The Kier molecular flexibility index (Phi) is 3.82. The molecular formula is C13H15NO4. The molecule has 1 atom stereocenters. The lowest BCUT2D eigenvalue weighted by molar-refractivity contribution is 0.0985. The van der Waals surface area contributed by atoms with Gasteiger partial charge in [-0.05, 0) is 24.3 Å². The van der Waals surface area contributed by atoms with Crippen LogP contribution in [0.4, 0.5) is 4.79 Å². The molecule has 1 saturated heterocycles. The first-order valence-corrected chi connectivity index (χ1v) is 5.89. The van der Waals surface area contributed by atoms with Crippen molar-refractivity contribution in [1.29, 1.82) is 0 Å². The number of hydrogen-bond acceptors (Lipinski definition) is 4. The first-order valence-electron chi connectivity index (χ1n) is 5.89. The highest BCUT2D eigenvalue weighted by atomic mass is 16.6. The van der Waals surface area contributed by atoms with Crippen LogP contribution in [-0.2, 0) is 4.74 Å². The molecule has 1 aromatic carbocycles. The van der Waals surface area contributed by atoms with Gasteiger partial charge >= 0.3 is 6.09 Å². The molecule has 1 aliphatic rings. The van der Waals surface area contributed by atoms with Gasteiger partial charge in [0.1, 0.15) is 12.4 Å². The molecule has 2 rings (SSSR count). The van der Waals surface area contributed by atoms with Crippen molar-refractivity contribution >= 4 is 11.9 Å². The van der Waals surface area contributed by atoms with Crippen molar-refractivity contribution in [1.82, 2.24) is 5.32 Å². The number of benzene rings is 1. The number of alkyl carbamates (subject to hydrolysis) is 1. The van der Waals surface area contributed by atoms with Crippen LogP contribution in [0, 0.1) is 0 Å². The van der Waals surface area contributed by atoms with Crippen LogP contribution in [0.25, 0.3) is 0 Å². The quantitative estimate of drug-likeness (QED) is 0.808. The van der Waals surface area contributed by atoms with Gasteiger partial charge in [0.05, 0.1) is 6.54 Å². The van der Waals surface area contributed by atoms with Gasteiger partial charge in [-0.1, -0.05) is 6.92 Å². The summed E-state index contributed by atoms with van der Waals surface area (Å²) in [6.07, 6.45) is -0.175. The van der Waals surface area contributed by atoms with E-state index in [9.17, 15) is 9.59 Å². The van der Waals surface area contributed by atoms with Crippen LogP contribution in [0.2, 0.25) is 0 Å². The van der Waals surface area contributed by atoms with Gasteiger partial charge in [0.2, 0.25) is 0 Å². The maximum Gasteiger partial charge on any atom is 0.407 e. The van der Waals surface area contributed by atoms with Crippen LogP contribution in [0.3, 0.4) is 0 Å². The van der Waals surface area contributed by atoms with Crippen molar-refractivity contribution in [3.05, 3.63) is 29.8 Å². The van der Waals surface area contributed by atoms with E-state index in [-0.39, 0.29) is 11.9 Å². The first kappa shape index (κ1) is 12.4. The van der Waals surface area contributed by atoms with Crippen LogP contribution >= 0.6 is 0 Å². The minimum absolute atomic E-state index is 0.107. The van der Waals surface area contributed by atoms with E-state index in [1.807, 2.05) is 6.92 Å². The van der Waals surface area contributed by atoms with E-state index in [0.717, 1.165) is 0 Å². The topological polar surface area (TPSA) is 64.6 Å². The number of nitrogens with one attached hydrogen (secondary N) is 1. The van der Waals surface area contributed by atoms with Gasteiger partial charge in [-0.2, -0.15) is 0 Å². The van der Waals surface area contributed by atoms with Gasteiger partial charge in [0.25, 0.3) is 0 Å². The van der Waals surface area contributed by atoms with Crippen LogP contribution in [0.15, 0.2) is 24.3 Å². The SMILES string of the molecule is CCC(=O)c1ccc(OCC2CNC(=O)O2)cc1. The van der Waals surface area contributed by atoms with Crippen molar-refractivity contribution in [2.75, 3.05) is 13.2 Å². The highest BCUT2D eigenvalue weighted by Gasteiger charge is 2.22. The lowest BCUT2D eigenvalue weighted by atomic mass is 10.1. The number of Topliss-reactive ketones (excluding diaryl/α,β-unsaturated/α-hetero) is 1. The van der Waals surface area contributed by atoms with Crippen molar-refractivity contribution < 1.29 is 19.1 Å². The second kappa shape index (κ2) is 5.53. The fourth-order valence-electron chi connectivity index (χ4n) is 1.66. The number of cyclic esters (lactones) is 1. The lowest BCUT2D eigenvalue weighted by Crippen LogP contribution is -2.21. The molecule has 0 radical (unpaired) electrons. The van der Waals surface area contributed by atoms with Crippen molar-refractivity contribution in [3.8, 4) is 5.75 Å². The zero-order valence-corrected chi connectivity index (χ0v) is 10.1. The molecule has 0 saturated carbocycles. The molecule has 1 fully saturated rings. The smallest absolute Gasteiger partial charge is 0.407 e. The molecule has 0 aromatic heterocycles. The molecule has 1 aliphatic heterocycles. The minimum atomic E-state index is -0.410. The number of ether oxygens (including phenoxy) is 2. The number of rotatable bonds is 5. The Morgan fingerprint density at radius 2 is 2.17 bits per heavy atom. The van der Waals surface area contributed by atoms with Crippen molar-refractivity contribution in [2.24, 2.45) is 0 Å². The average molecular weight is 249 g/mol. The zero-order chi connectivity index (χ0) is 13.0. The predicted octanol–water partition coefficient (Wildman–Crippen LogP) is 1.77. The third kappa shape index (κ3) is 3.00. The van der Waals surface area contributed by atoms with E-state index < -0.39 is 6.09 Å². The Morgan fingerprint density at radius 3 is 2.72 bits per heavy atom. The van der Waals surface area contributed by atoms with Crippen LogP contribution in [0.1, 0.15) is 23.7 Å². The molecular weight excluding hydrogens is 234 g/mol. The summed E-state index contributed by atoms with van der Waals surface area (Å²) in [4.78, 5) is 22.2. The van der Waals surface area contributed by atoms with Crippen LogP contribution in [-0.4, -0.2) is 31.1 Å². The fraction of sp³-hybridized carbons (Fsp3) is 0.385. The number of carbonyl (C=O) groups excluding carboxylic acids is 2. The second-order valence-corrected chi connectivity index (χ2v) is 4.02. The van der Waals surface area contributed by atoms with Gasteiger partial charge < -0.3 is 14.8 Å². The van der Waals surface area contributed by atoms with Gasteiger partial charge in [0.15, 0.2) is 11.9 Å². The van der Waals surface area contributed by atoms with Gasteiger partial charge in [-0.25, -0.2) is 4.79 Å². The van der Waals surface area contributed by atoms with Gasteiger partial charge in [0, 0.05) is 12.0 Å². The zero-order valence-electron chi connectivity index (χ0n) is 10.1. The van der Waals surface area contributed by atoms with Gasteiger partial charge in [-0.3, -0.25) is 4.79 Å². The third-order valence-corrected chi connectivity index (χ3v) is 2.68. The summed E-state index contributed by atoms with van der Waals surface area (Å²) < 4.78 is 10.4. The van der Waals surface area contributed by atoms with E-state index in [1.165, 1.54) is 0 Å². The molecule has 1 heterocycles. The van der Waals surface area contributed by atoms with Crippen LogP contribution in [0.5, 0.6) is 5.75 Å². The lowest BCUT2D eigenvalue weighted by Gasteiger charge is -2.10. The molecule has 1 unspecified atom stereocenters. The summed E-state index contributed by atoms with van der Waals surface area (Å²) in [6, 6.07) is 6.96. The van der Waals surface area contributed by atoms with E-state index >= 15 is 0 Å². The summed E-state index contributed by atoms with van der Waals surface area (Å²) >= 11 is 0. The van der Waals surface area contributed by atoms with E-state index in [0.29, 0.717) is 30.9 Å². The highest BCUT2D eigenvalue weighted by Crippen LogP contribution is 2.14. The molecule has 0 spiro atoms. The summed E-state index contributed by atoms with van der Waals surface area (Å²) in [6.45, 7) is 2.60. The summed E-state index contributed by atoms with van der Waals surface area (Å²) in [5.41, 5.74) is 0.679. The molecule has 18 heavy (non-hydrogen) atoms. The van der Waals surface area contributed by atoms with Crippen molar-refractivity contribution in [2.45, 2.75) is 19.4 Å². The molecule has 5 nitrogen and oxygen atoms in total. The minimum Gasteiger partial charge on any atom is -0.490 e. The Morgan fingerprint density at radius 1 is 1.44 bits per heavy atom. The normalized spacial score (nSPS) is 18.1. The highest BCUT2D eigenvalue weighted by molar-refractivity contribution is 5.95. The third-order valence-electron chi connectivity index (χ3n) is 2.68. The average Bonchev–Trinajstić information content (AvgIpc) is 2.82. The van der Waals surface area contributed by atoms with Gasteiger partial charge in [-0.15, -0.1) is 0 Å². The van der Waals surface area contributed by atoms with E-state index in [4.69, 9.17) is 9.47 Å². The Balaban J connectivity index is 1.86. The Bertz CT molecular complexity index is 441. The number of carbonyl (C=O) groups is 2. The Labute approximate surface area is 105 Å². The number of amides is 1. The number of hydrogen-bond donors (Lipinski definition) is 1. The molecule has 5 heteroatoms. The summed E-state index contributed by atoms with van der Waals surface area (Å²) in [5.74, 6) is 0.765. The predicted molar refractivity (Wildman–Crippen MR) is 64.8 cm³/mol. The maximum atomic E-state index is 11.4. The second-order valence-electron chi connectivity index (χ2n) is 4.02. The molecule has 1 amide bonds. The fourth-order valence-corrected chi connectivity index (χ4v) is 1.66. The Hall–Kier alpha value is -2.04. The molecule has 1 aromatic rings. The van der Waals surface area contributed by atoms with Crippen molar-refractivity contribution in [3.63, 3.8) is 0 Å². The first-order chi connectivity index (χ1) is 8.69. The maximum absolute atomic E-state index is 11.4. The number of ketones is 1. The van der Waals surface area contributed by atoms with E-state index in [1.54, 1.807) is 24.3 Å². The van der Waals surface area contributed by atoms with E-state index in [2.05, 4.69) is 5.32 Å². The molecule has 0 bridgehead atoms. The molecule has 96 valence electrons. The standard InChI is InChI=1S/C13H15NO4/c1-2-12(15)9-3-5-10(6-4-9)17-8-11-7-14-13(16)18-11/h3-6,11H,2,7-8H2,1H3,(H,14,16). The monoisotopic (exact) mass is 249 g/mol. The summed E-state index contributed by atoms with van der Waals surface area (Å²) in [7, 11) is 0. The molecule has 0 aliphatic carbocycles. The largest absolute Gasteiger partial charge is 0.490 e.